The molecule has 5 nitrogen and oxygen atoms in total. The van der Waals surface area contributed by atoms with Crippen molar-refractivity contribution < 1.29 is 4.79 Å². The van der Waals surface area contributed by atoms with Gasteiger partial charge in [-0.1, -0.05) is 18.2 Å². The minimum Gasteiger partial charge on any atom is -0.297 e. The van der Waals surface area contributed by atoms with E-state index < -0.39 is 0 Å². The molecule has 0 aliphatic heterocycles. The normalized spacial score (nSPS) is 10.4. The molecular weight excluding hydrogens is 248 g/mol. The number of aromatic nitrogens is 4. The average molecular weight is 256 g/mol. The molecule has 3 rings (SSSR count). The molecule has 18 heavy (non-hydrogen) atoms. The van der Waals surface area contributed by atoms with E-state index in [4.69, 9.17) is 0 Å². The maximum atomic E-state index is 10.6. The Kier molecular flexibility index (Phi) is 2.70. The smallest absolute Gasteiger partial charge is 0.161 e. The van der Waals surface area contributed by atoms with Crippen molar-refractivity contribution in [1.29, 1.82) is 0 Å². The highest BCUT2D eigenvalue weighted by Gasteiger charge is 2.09. The lowest BCUT2D eigenvalue weighted by Gasteiger charge is -1.96. The number of para-hydroxylation sites is 1. The second kappa shape index (κ2) is 4.50. The topological polar surface area (TPSA) is 60.7 Å². The van der Waals surface area contributed by atoms with Gasteiger partial charge in [-0.2, -0.15) is 9.90 Å². The molecule has 0 saturated carbocycles. The number of thiazole rings is 1. The first-order valence-electron chi connectivity index (χ1n) is 5.26. The first-order chi connectivity index (χ1) is 8.86. The van der Waals surface area contributed by atoms with Crippen molar-refractivity contribution in [2.45, 2.75) is 0 Å². The van der Waals surface area contributed by atoms with Crippen LogP contribution < -0.4 is 0 Å². The fraction of sp³-hybridized carbons (Fsp3) is 0. The molecule has 88 valence electrons. The standard InChI is InChI=1S/C12H8N4OS/c17-8-10-6-13-12(18-10)11-7-14-16(15-11)9-4-2-1-3-5-9/h1-8H. The molecule has 0 N–H and O–H groups in total. The molecule has 0 atom stereocenters. The largest absolute Gasteiger partial charge is 0.297 e. The molecule has 0 radical (unpaired) electrons. The summed E-state index contributed by atoms with van der Waals surface area (Å²) in [6.45, 7) is 0. The molecule has 0 saturated heterocycles. The van der Waals surface area contributed by atoms with Crippen molar-refractivity contribution >= 4 is 17.6 Å². The maximum absolute atomic E-state index is 10.6. The van der Waals surface area contributed by atoms with Crippen LogP contribution in [0.25, 0.3) is 16.4 Å². The summed E-state index contributed by atoms with van der Waals surface area (Å²) >= 11 is 1.30. The van der Waals surface area contributed by atoms with Gasteiger partial charge in [0.2, 0.25) is 0 Å². The van der Waals surface area contributed by atoms with Gasteiger partial charge in [0.25, 0.3) is 0 Å². The summed E-state index contributed by atoms with van der Waals surface area (Å²) < 4.78 is 0. The Balaban J connectivity index is 1.96. The van der Waals surface area contributed by atoms with Crippen LogP contribution in [0.4, 0.5) is 0 Å². The third kappa shape index (κ3) is 1.93. The van der Waals surface area contributed by atoms with Crippen molar-refractivity contribution in [1.82, 2.24) is 20.0 Å². The van der Waals surface area contributed by atoms with Gasteiger partial charge >= 0.3 is 0 Å². The van der Waals surface area contributed by atoms with Gasteiger partial charge in [-0.25, -0.2) is 4.98 Å². The van der Waals surface area contributed by atoms with Gasteiger partial charge in [-0.3, -0.25) is 4.79 Å². The van der Waals surface area contributed by atoms with Crippen molar-refractivity contribution in [2.24, 2.45) is 0 Å². The number of aldehydes is 1. The second-order valence-electron chi connectivity index (χ2n) is 3.54. The van der Waals surface area contributed by atoms with Crippen molar-refractivity contribution in [3.8, 4) is 16.4 Å². The molecule has 2 heterocycles. The molecule has 0 unspecified atom stereocenters. The zero-order chi connectivity index (χ0) is 12.4. The summed E-state index contributed by atoms with van der Waals surface area (Å²) in [6.07, 6.45) is 3.96. The lowest BCUT2D eigenvalue weighted by atomic mass is 10.3. The summed E-state index contributed by atoms with van der Waals surface area (Å²) in [5, 5.41) is 9.21. The van der Waals surface area contributed by atoms with Crippen LogP contribution in [0, 0.1) is 0 Å². The van der Waals surface area contributed by atoms with E-state index in [-0.39, 0.29) is 0 Å². The molecule has 0 aliphatic carbocycles. The Morgan fingerprint density at radius 1 is 1.17 bits per heavy atom. The summed E-state index contributed by atoms with van der Waals surface area (Å²) in [7, 11) is 0. The summed E-state index contributed by atoms with van der Waals surface area (Å²) in [5.74, 6) is 0. The number of carbonyl (C=O) groups excluding carboxylic acids is 1. The Labute approximate surface area is 107 Å². The van der Waals surface area contributed by atoms with E-state index in [9.17, 15) is 4.79 Å². The average Bonchev–Trinajstić information content (AvgIpc) is 3.08. The number of nitrogens with zero attached hydrogens (tertiary/aromatic N) is 4. The molecule has 0 amide bonds. The predicted molar refractivity (Wildman–Crippen MR) is 67.9 cm³/mol. The molecule has 2 aromatic heterocycles. The molecular formula is C12H8N4OS. The van der Waals surface area contributed by atoms with Crippen molar-refractivity contribution in [3.63, 3.8) is 0 Å². The zero-order valence-corrected chi connectivity index (χ0v) is 10.0. The lowest BCUT2D eigenvalue weighted by Crippen LogP contribution is -1.97. The third-order valence-electron chi connectivity index (χ3n) is 2.34. The molecule has 0 aliphatic rings. The molecule has 1 aromatic carbocycles. The number of rotatable bonds is 3. The van der Waals surface area contributed by atoms with E-state index >= 15 is 0 Å². The molecule has 3 aromatic rings. The Hall–Kier alpha value is -2.34. The van der Waals surface area contributed by atoms with Crippen LogP contribution in [-0.4, -0.2) is 26.3 Å². The third-order valence-corrected chi connectivity index (χ3v) is 3.28. The van der Waals surface area contributed by atoms with Crippen molar-refractivity contribution in [2.75, 3.05) is 0 Å². The van der Waals surface area contributed by atoms with Gasteiger partial charge in [0.15, 0.2) is 6.29 Å². The summed E-state index contributed by atoms with van der Waals surface area (Å²) in [5.41, 5.74) is 1.55. The maximum Gasteiger partial charge on any atom is 0.161 e. The second-order valence-corrected chi connectivity index (χ2v) is 4.60. The van der Waals surface area contributed by atoms with Gasteiger partial charge < -0.3 is 0 Å². The van der Waals surface area contributed by atoms with Gasteiger partial charge in [0.05, 0.1) is 16.8 Å². The molecule has 0 fully saturated rings. The number of hydrogen-bond donors (Lipinski definition) is 0. The first kappa shape index (κ1) is 10.8. The highest BCUT2D eigenvalue weighted by atomic mass is 32.1. The Morgan fingerprint density at radius 2 is 2.00 bits per heavy atom. The highest BCUT2D eigenvalue weighted by Crippen LogP contribution is 2.22. The van der Waals surface area contributed by atoms with Gasteiger partial charge in [-0.05, 0) is 12.1 Å². The van der Waals surface area contributed by atoms with Crippen LogP contribution in [0.3, 0.4) is 0 Å². The minimum atomic E-state index is 0.583. The van der Waals surface area contributed by atoms with Crippen LogP contribution in [0.2, 0.25) is 0 Å². The SMILES string of the molecule is O=Cc1cnc(-c2cnn(-c3ccccc3)n2)s1. The fourth-order valence-corrected chi connectivity index (χ4v) is 2.19. The molecule has 0 bridgehead atoms. The van der Waals surface area contributed by atoms with Crippen molar-refractivity contribution in [3.05, 3.63) is 47.6 Å². The Bertz CT molecular complexity index is 674. The number of hydrogen-bond acceptors (Lipinski definition) is 5. The quantitative estimate of drug-likeness (QED) is 0.674. The van der Waals surface area contributed by atoms with Gasteiger partial charge in [-0.15, -0.1) is 16.4 Å². The van der Waals surface area contributed by atoms with Gasteiger partial charge in [0, 0.05) is 6.20 Å². The van der Waals surface area contributed by atoms with Crippen LogP contribution >= 0.6 is 11.3 Å². The van der Waals surface area contributed by atoms with Crippen LogP contribution in [0.5, 0.6) is 0 Å². The number of carbonyl (C=O) groups is 1. The van der Waals surface area contributed by atoms with Crippen LogP contribution in [0.1, 0.15) is 9.67 Å². The zero-order valence-electron chi connectivity index (χ0n) is 9.22. The van der Waals surface area contributed by atoms with Crippen LogP contribution in [-0.2, 0) is 0 Å². The van der Waals surface area contributed by atoms with E-state index in [1.807, 2.05) is 30.3 Å². The minimum absolute atomic E-state index is 0.583. The van der Waals surface area contributed by atoms with E-state index in [0.717, 1.165) is 12.0 Å². The first-order valence-corrected chi connectivity index (χ1v) is 6.07. The van der Waals surface area contributed by atoms with Crippen LogP contribution in [0.15, 0.2) is 42.7 Å². The lowest BCUT2D eigenvalue weighted by molar-refractivity contribution is 0.112. The predicted octanol–water partition coefficient (Wildman–Crippen LogP) is 2.20. The molecule has 0 spiro atoms. The van der Waals surface area contributed by atoms with Gasteiger partial charge in [0.1, 0.15) is 10.7 Å². The van der Waals surface area contributed by atoms with E-state index in [2.05, 4.69) is 15.2 Å². The number of benzene rings is 1. The summed E-state index contributed by atoms with van der Waals surface area (Å²) in [4.78, 5) is 16.9. The van der Waals surface area contributed by atoms with E-state index in [1.54, 1.807) is 6.20 Å². The monoisotopic (exact) mass is 256 g/mol. The Morgan fingerprint density at radius 3 is 2.72 bits per heavy atom. The highest BCUT2D eigenvalue weighted by molar-refractivity contribution is 7.16. The summed E-state index contributed by atoms with van der Waals surface area (Å²) in [6, 6.07) is 9.62. The van der Waals surface area contributed by atoms with E-state index in [0.29, 0.717) is 15.6 Å². The fourth-order valence-electron chi connectivity index (χ4n) is 1.51. The molecule has 6 heteroatoms. The van der Waals surface area contributed by atoms with E-state index in [1.165, 1.54) is 22.3 Å².